The molecule has 0 aliphatic carbocycles. The lowest BCUT2D eigenvalue weighted by molar-refractivity contribution is 0.0728. The van der Waals surface area contributed by atoms with E-state index in [0.717, 1.165) is 17.0 Å². The maximum absolute atomic E-state index is 12.6. The lowest BCUT2D eigenvalue weighted by atomic mass is 10.0. The highest BCUT2D eigenvalue weighted by Crippen LogP contribution is 2.24. The third-order valence-corrected chi connectivity index (χ3v) is 4.08. The molecule has 0 saturated carbocycles. The summed E-state index contributed by atoms with van der Waals surface area (Å²) in [5.41, 5.74) is 2.30. The highest BCUT2D eigenvalue weighted by atomic mass is 16.5. The summed E-state index contributed by atoms with van der Waals surface area (Å²) >= 11 is 0. The molecule has 1 N–H and O–H groups in total. The number of amides is 1. The second-order valence-corrected chi connectivity index (χ2v) is 5.68. The first kappa shape index (κ1) is 15.3. The fraction of sp³-hybridized carbons (Fsp3) is 0.235. The van der Waals surface area contributed by atoms with E-state index in [9.17, 15) is 4.79 Å². The number of anilines is 1. The molecule has 0 radical (unpaired) electrons. The van der Waals surface area contributed by atoms with Gasteiger partial charge in [0.25, 0.3) is 5.91 Å². The second-order valence-electron chi connectivity index (χ2n) is 5.68. The summed E-state index contributed by atoms with van der Waals surface area (Å²) in [5.74, 6) is 1.32. The van der Waals surface area contributed by atoms with Crippen LogP contribution >= 0.6 is 0 Å². The van der Waals surface area contributed by atoms with E-state index in [1.54, 1.807) is 47.9 Å². The highest BCUT2D eigenvalue weighted by Gasteiger charge is 2.27. The molecule has 3 aromatic heterocycles. The van der Waals surface area contributed by atoms with Crippen LogP contribution in [-0.2, 0) is 19.5 Å². The van der Waals surface area contributed by atoms with Gasteiger partial charge in [-0.15, -0.1) is 0 Å². The summed E-state index contributed by atoms with van der Waals surface area (Å²) in [7, 11) is 0. The molecule has 4 heterocycles. The van der Waals surface area contributed by atoms with Crippen LogP contribution in [0.25, 0.3) is 0 Å². The van der Waals surface area contributed by atoms with E-state index >= 15 is 0 Å². The van der Waals surface area contributed by atoms with Crippen LogP contribution in [-0.4, -0.2) is 37.5 Å². The summed E-state index contributed by atoms with van der Waals surface area (Å²) in [6.07, 6.45) is 7.22. The van der Waals surface area contributed by atoms with Crippen molar-refractivity contribution in [1.82, 2.24) is 25.0 Å². The Morgan fingerprint density at radius 2 is 2.12 bits per heavy atom. The third-order valence-electron chi connectivity index (χ3n) is 4.08. The Morgan fingerprint density at radius 1 is 1.24 bits per heavy atom. The number of hydrogen-bond acceptors (Lipinski definition) is 7. The topological polar surface area (TPSA) is 97.0 Å². The van der Waals surface area contributed by atoms with Crippen LogP contribution in [0.1, 0.15) is 27.4 Å². The lowest BCUT2D eigenvalue weighted by Crippen LogP contribution is -2.36. The summed E-state index contributed by atoms with van der Waals surface area (Å²) in [6, 6.07) is 5.29. The van der Waals surface area contributed by atoms with E-state index in [0.29, 0.717) is 37.6 Å². The molecular formula is C17H16N6O2. The van der Waals surface area contributed by atoms with Crippen molar-refractivity contribution in [2.24, 2.45) is 0 Å². The monoisotopic (exact) mass is 336 g/mol. The first-order valence-electron chi connectivity index (χ1n) is 7.98. The van der Waals surface area contributed by atoms with Crippen molar-refractivity contribution in [3.63, 3.8) is 0 Å². The van der Waals surface area contributed by atoms with E-state index < -0.39 is 0 Å². The first-order valence-corrected chi connectivity index (χ1v) is 7.98. The Labute approximate surface area is 143 Å². The molecule has 1 aliphatic rings. The van der Waals surface area contributed by atoms with Gasteiger partial charge in [0.05, 0.1) is 18.7 Å². The highest BCUT2D eigenvalue weighted by molar-refractivity contribution is 5.94. The van der Waals surface area contributed by atoms with Gasteiger partial charge in [-0.1, -0.05) is 5.16 Å². The number of pyridine rings is 1. The zero-order valence-corrected chi connectivity index (χ0v) is 13.4. The standard InChI is InChI=1S/C17H16N6O2/c24-16(12-3-1-5-18-9-12)23-8-4-15-13(11-23)14(22-25-15)10-21-17-19-6-2-7-20-17/h1-3,5-7,9H,4,8,10-11H2,(H,19,20,21). The van der Waals surface area contributed by atoms with Gasteiger partial charge in [0.15, 0.2) is 0 Å². The molecule has 3 aromatic rings. The van der Waals surface area contributed by atoms with Gasteiger partial charge in [-0.3, -0.25) is 9.78 Å². The molecule has 4 rings (SSSR count). The summed E-state index contributed by atoms with van der Waals surface area (Å²) in [4.78, 5) is 26.7. The van der Waals surface area contributed by atoms with Crippen LogP contribution in [0, 0.1) is 0 Å². The van der Waals surface area contributed by atoms with Crippen molar-refractivity contribution >= 4 is 11.9 Å². The molecule has 126 valence electrons. The lowest BCUT2D eigenvalue weighted by Gasteiger charge is -2.26. The van der Waals surface area contributed by atoms with Crippen molar-refractivity contribution in [2.45, 2.75) is 19.5 Å². The van der Waals surface area contributed by atoms with Crippen LogP contribution in [0.4, 0.5) is 5.95 Å². The van der Waals surface area contributed by atoms with Gasteiger partial charge in [-0.2, -0.15) is 0 Å². The number of nitrogens with zero attached hydrogens (tertiary/aromatic N) is 5. The maximum Gasteiger partial charge on any atom is 0.255 e. The molecule has 25 heavy (non-hydrogen) atoms. The molecule has 0 bridgehead atoms. The Bertz CT molecular complexity index is 865. The van der Waals surface area contributed by atoms with Gasteiger partial charge < -0.3 is 14.7 Å². The molecular weight excluding hydrogens is 320 g/mol. The van der Waals surface area contributed by atoms with Gasteiger partial charge in [0.2, 0.25) is 5.95 Å². The fourth-order valence-corrected chi connectivity index (χ4v) is 2.80. The zero-order chi connectivity index (χ0) is 17.1. The van der Waals surface area contributed by atoms with Crippen molar-refractivity contribution in [2.75, 3.05) is 11.9 Å². The largest absolute Gasteiger partial charge is 0.361 e. The Kier molecular flexibility index (Phi) is 4.07. The molecule has 8 nitrogen and oxygen atoms in total. The Hall–Kier alpha value is -3.29. The second kappa shape index (κ2) is 6.68. The third kappa shape index (κ3) is 3.18. The predicted octanol–water partition coefficient (Wildman–Crippen LogP) is 1.67. The molecule has 8 heteroatoms. The molecule has 0 atom stereocenters. The minimum absolute atomic E-state index is 0.0368. The maximum atomic E-state index is 12.6. The number of fused-ring (bicyclic) bond motifs is 1. The average molecular weight is 336 g/mol. The van der Waals surface area contributed by atoms with Crippen LogP contribution in [0.5, 0.6) is 0 Å². The van der Waals surface area contributed by atoms with Crippen LogP contribution in [0.2, 0.25) is 0 Å². The van der Waals surface area contributed by atoms with Crippen molar-refractivity contribution in [3.05, 3.63) is 65.6 Å². The minimum Gasteiger partial charge on any atom is -0.361 e. The van der Waals surface area contributed by atoms with Gasteiger partial charge in [0.1, 0.15) is 11.5 Å². The van der Waals surface area contributed by atoms with E-state index in [1.165, 1.54) is 0 Å². The summed E-state index contributed by atoms with van der Waals surface area (Å²) in [6.45, 7) is 1.52. The van der Waals surface area contributed by atoms with Crippen LogP contribution in [0.15, 0.2) is 47.5 Å². The van der Waals surface area contributed by atoms with Crippen molar-refractivity contribution in [1.29, 1.82) is 0 Å². The number of rotatable bonds is 4. The summed E-state index contributed by atoms with van der Waals surface area (Å²) < 4.78 is 5.43. The molecule has 0 unspecified atom stereocenters. The Morgan fingerprint density at radius 3 is 2.92 bits per heavy atom. The quantitative estimate of drug-likeness (QED) is 0.774. The van der Waals surface area contributed by atoms with E-state index in [1.807, 2.05) is 0 Å². The van der Waals surface area contributed by atoms with Crippen LogP contribution in [0.3, 0.4) is 0 Å². The van der Waals surface area contributed by atoms with E-state index in [4.69, 9.17) is 4.52 Å². The number of aromatic nitrogens is 4. The molecule has 1 amide bonds. The van der Waals surface area contributed by atoms with Gasteiger partial charge in [-0.05, 0) is 18.2 Å². The van der Waals surface area contributed by atoms with Crippen molar-refractivity contribution < 1.29 is 9.32 Å². The molecule has 0 saturated heterocycles. The van der Waals surface area contributed by atoms with E-state index in [2.05, 4.69) is 25.4 Å². The normalized spacial score (nSPS) is 13.4. The first-order chi connectivity index (χ1) is 12.3. The number of hydrogen-bond donors (Lipinski definition) is 1. The molecule has 0 aromatic carbocycles. The smallest absolute Gasteiger partial charge is 0.255 e. The van der Waals surface area contributed by atoms with Gasteiger partial charge in [0, 0.05) is 43.3 Å². The fourth-order valence-electron chi connectivity index (χ4n) is 2.80. The zero-order valence-electron chi connectivity index (χ0n) is 13.4. The minimum atomic E-state index is -0.0368. The Balaban J connectivity index is 1.49. The predicted molar refractivity (Wildman–Crippen MR) is 88.5 cm³/mol. The average Bonchev–Trinajstić information content (AvgIpc) is 3.09. The number of nitrogens with one attached hydrogen (secondary N) is 1. The van der Waals surface area contributed by atoms with Gasteiger partial charge in [-0.25, -0.2) is 9.97 Å². The number of carbonyl (C=O) groups is 1. The van der Waals surface area contributed by atoms with Crippen LogP contribution < -0.4 is 5.32 Å². The van der Waals surface area contributed by atoms with Gasteiger partial charge >= 0.3 is 0 Å². The molecule has 0 spiro atoms. The molecule has 1 aliphatic heterocycles. The SMILES string of the molecule is O=C(c1cccnc1)N1CCc2onc(CNc3ncccn3)c2C1. The van der Waals surface area contributed by atoms with E-state index in [-0.39, 0.29) is 5.91 Å². The molecule has 0 fully saturated rings. The number of carbonyl (C=O) groups excluding carboxylic acids is 1. The summed E-state index contributed by atoms with van der Waals surface area (Å²) in [5, 5.41) is 7.25. The van der Waals surface area contributed by atoms with Crippen molar-refractivity contribution in [3.8, 4) is 0 Å².